The molecule has 4 nitrogen and oxygen atoms in total. The minimum absolute atomic E-state index is 0.0392. The second kappa shape index (κ2) is 7.27. The third-order valence-electron chi connectivity index (χ3n) is 3.83. The van der Waals surface area contributed by atoms with Crippen LogP contribution in [0.4, 0.5) is 0 Å². The molecule has 0 aliphatic carbocycles. The first-order valence-electron chi connectivity index (χ1n) is 7.42. The fourth-order valence-corrected chi connectivity index (χ4v) is 3.32. The molecule has 5 heteroatoms. The molecule has 0 bridgehead atoms. The summed E-state index contributed by atoms with van der Waals surface area (Å²) < 4.78 is 2.99. The van der Waals surface area contributed by atoms with Gasteiger partial charge in [-0.05, 0) is 60.8 Å². The molecule has 2 rings (SSSR count). The quantitative estimate of drug-likeness (QED) is 0.893. The molecule has 1 aliphatic rings. The first-order valence-corrected chi connectivity index (χ1v) is 8.22. The Balaban J connectivity index is 1.91. The van der Waals surface area contributed by atoms with Gasteiger partial charge in [-0.2, -0.15) is 0 Å². The summed E-state index contributed by atoms with van der Waals surface area (Å²) in [5, 5.41) is 3.09. The monoisotopic (exact) mass is 341 g/mol. The predicted molar refractivity (Wildman–Crippen MR) is 85.0 cm³/mol. The fraction of sp³-hybridized carbons (Fsp3) is 0.667. The van der Waals surface area contributed by atoms with Crippen molar-refractivity contribution in [2.75, 3.05) is 26.7 Å². The molecule has 1 amide bonds. The zero-order chi connectivity index (χ0) is 14.5. The van der Waals surface area contributed by atoms with Crippen molar-refractivity contribution in [3.63, 3.8) is 0 Å². The van der Waals surface area contributed by atoms with Crippen LogP contribution in [0.1, 0.15) is 36.7 Å². The molecular weight excluding hydrogens is 318 g/mol. The minimum Gasteiger partial charge on any atom is -0.350 e. The molecule has 1 aromatic heterocycles. The Bertz CT molecular complexity index is 458. The number of hydrogen-bond acceptors (Lipinski definition) is 2. The molecule has 112 valence electrons. The van der Waals surface area contributed by atoms with Crippen molar-refractivity contribution in [1.29, 1.82) is 0 Å². The molecule has 1 atom stereocenters. The van der Waals surface area contributed by atoms with Crippen molar-refractivity contribution < 1.29 is 4.79 Å². The number of halogens is 1. The van der Waals surface area contributed by atoms with Crippen LogP contribution in [-0.4, -0.2) is 42.1 Å². The highest BCUT2D eigenvalue weighted by atomic mass is 79.9. The first-order chi connectivity index (χ1) is 9.60. The Labute approximate surface area is 129 Å². The first kappa shape index (κ1) is 15.6. The van der Waals surface area contributed by atoms with Crippen LogP contribution in [0.15, 0.2) is 16.7 Å². The number of likely N-dealkylation sites (tertiary alicyclic amines) is 1. The maximum atomic E-state index is 12.3. The van der Waals surface area contributed by atoms with Gasteiger partial charge in [0.15, 0.2) is 0 Å². The van der Waals surface area contributed by atoms with Gasteiger partial charge in [0.05, 0.1) is 0 Å². The van der Waals surface area contributed by atoms with E-state index in [4.69, 9.17) is 0 Å². The molecule has 1 fully saturated rings. The number of hydrogen-bond donors (Lipinski definition) is 1. The zero-order valence-electron chi connectivity index (χ0n) is 12.4. The van der Waals surface area contributed by atoms with E-state index in [0.717, 1.165) is 36.2 Å². The van der Waals surface area contributed by atoms with Crippen LogP contribution >= 0.6 is 15.9 Å². The fourth-order valence-electron chi connectivity index (χ4n) is 2.86. The number of piperidine rings is 1. The maximum absolute atomic E-state index is 12.3. The van der Waals surface area contributed by atoms with E-state index in [-0.39, 0.29) is 5.91 Å². The second-order valence-electron chi connectivity index (χ2n) is 5.72. The molecule has 0 saturated carbocycles. The van der Waals surface area contributed by atoms with E-state index >= 15 is 0 Å². The molecule has 0 spiro atoms. The van der Waals surface area contributed by atoms with Crippen LogP contribution in [0.2, 0.25) is 0 Å². The Hall–Kier alpha value is -0.810. The van der Waals surface area contributed by atoms with Crippen LogP contribution < -0.4 is 5.32 Å². The topological polar surface area (TPSA) is 37.3 Å². The van der Waals surface area contributed by atoms with Gasteiger partial charge < -0.3 is 14.8 Å². The van der Waals surface area contributed by atoms with Crippen LogP contribution in [0, 0.1) is 5.92 Å². The zero-order valence-corrected chi connectivity index (χ0v) is 13.9. The largest absolute Gasteiger partial charge is 0.350 e. The van der Waals surface area contributed by atoms with Gasteiger partial charge in [-0.15, -0.1) is 0 Å². The van der Waals surface area contributed by atoms with Gasteiger partial charge in [-0.25, -0.2) is 0 Å². The van der Waals surface area contributed by atoms with E-state index in [1.807, 2.05) is 16.8 Å². The van der Waals surface area contributed by atoms with E-state index in [9.17, 15) is 4.79 Å². The van der Waals surface area contributed by atoms with Gasteiger partial charge in [0.25, 0.3) is 5.91 Å². The average Bonchev–Trinajstić information content (AvgIpc) is 2.78. The van der Waals surface area contributed by atoms with E-state index in [0.29, 0.717) is 5.92 Å². The van der Waals surface area contributed by atoms with Crippen LogP contribution in [0.3, 0.4) is 0 Å². The lowest BCUT2D eigenvalue weighted by Gasteiger charge is -2.29. The number of amides is 1. The van der Waals surface area contributed by atoms with Gasteiger partial charge >= 0.3 is 0 Å². The lowest BCUT2D eigenvalue weighted by atomic mass is 9.98. The highest BCUT2D eigenvalue weighted by molar-refractivity contribution is 9.10. The van der Waals surface area contributed by atoms with Crippen molar-refractivity contribution >= 4 is 21.8 Å². The molecule has 1 saturated heterocycles. The van der Waals surface area contributed by atoms with Crippen molar-refractivity contribution in [2.24, 2.45) is 5.92 Å². The summed E-state index contributed by atoms with van der Waals surface area (Å²) in [7, 11) is 2.15. The number of aromatic nitrogens is 1. The average molecular weight is 342 g/mol. The van der Waals surface area contributed by atoms with E-state index in [2.05, 4.69) is 40.1 Å². The summed E-state index contributed by atoms with van der Waals surface area (Å²) in [6.07, 6.45) is 5.45. The molecule has 2 heterocycles. The van der Waals surface area contributed by atoms with Crippen LogP contribution in [-0.2, 0) is 6.54 Å². The van der Waals surface area contributed by atoms with Crippen molar-refractivity contribution in [2.45, 2.75) is 32.7 Å². The molecule has 1 unspecified atom stereocenters. The minimum atomic E-state index is 0.0392. The van der Waals surface area contributed by atoms with Crippen molar-refractivity contribution in [3.05, 3.63) is 22.4 Å². The Morgan fingerprint density at radius 1 is 1.55 bits per heavy atom. The molecule has 1 N–H and O–H groups in total. The molecular formula is C15H24BrN3O. The number of nitrogens with one attached hydrogen (secondary N) is 1. The number of carbonyl (C=O) groups excluding carboxylic acids is 1. The molecule has 1 aromatic rings. The Kier molecular flexibility index (Phi) is 5.66. The molecule has 1 aliphatic heterocycles. The van der Waals surface area contributed by atoms with E-state index in [1.165, 1.54) is 19.4 Å². The second-order valence-corrected chi connectivity index (χ2v) is 6.63. The Morgan fingerprint density at radius 2 is 2.35 bits per heavy atom. The third-order valence-corrected chi connectivity index (χ3v) is 4.27. The number of nitrogens with zero attached hydrogens (tertiary/aromatic N) is 2. The highest BCUT2D eigenvalue weighted by Crippen LogP contribution is 2.17. The van der Waals surface area contributed by atoms with Gasteiger partial charge in [-0.3, -0.25) is 4.79 Å². The normalized spacial score (nSPS) is 20.1. The van der Waals surface area contributed by atoms with Gasteiger partial charge in [0.2, 0.25) is 0 Å². The molecule has 0 aromatic carbocycles. The summed E-state index contributed by atoms with van der Waals surface area (Å²) in [5.74, 6) is 0.619. The van der Waals surface area contributed by atoms with E-state index < -0.39 is 0 Å². The Morgan fingerprint density at radius 3 is 3.05 bits per heavy atom. The van der Waals surface area contributed by atoms with Crippen LogP contribution in [0.25, 0.3) is 0 Å². The predicted octanol–water partition coefficient (Wildman–Crippen LogP) is 2.73. The number of aryl methyl sites for hydroxylation is 1. The summed E-state index contributed by atoms with van der Waals surface area (Å²) >= 11 is 3.45. The maximum Gasteiger partial charge on any atom is 0.267 e. The highest BCUT2D eigenvalue weighted by Gasteiger charge is 2.19. The summed E-state index contributed by atoms with van der Waals surface area (Å²) in [5.41, 5.74) is 0.753. The van der Waals surface area contributed by atoms with Crippen LogP contribution in [0.5, 0.6) is 0 Å². The van der Waals surface area contributed by atoms with Gasteiger partial charge in [-0.1, -0.05) is 6.92 Å². The van der Waals surface area contributed by atoms with Gasteiger partial charge in [0.1, 0.15) is 5.69 Å². The third kappa shape index (κ3) is 4.09. The smallest absolute Gasteiger partial charge is 0.267 e. The van der Waals surface area contributed by atoms with E-state index in [1.54, 1.807) is 0 Å². The van der Waals surface area contributed by atoms with Crippen molar-refractivity contribution in [3.8, 4) is 0 Å². The van der Waals surface area contributed by atoms with Gasteiger partial charge in [0, 0.05) is 30.3 Å². The van der Waals surface area contributed by atoms with Crippen molar-refractivity contribution in [1.82, 2.24) is 14.8 Å². The molecule has 0 radical (unpaired) electrons. The lowest BCUT2D eigenvalue weighted by Crippen LogP contribution is -2.39. The molecule has 20 heavy (non-hydrogen) atoms. The summed E-state index contributed by atoms with van der Waals surface area (Å²) in [6.45, 7) is 6.03. The summed E-state index contributed by atoms with van der Waals surface area (Å²) in [6, 6.07) is 1.90. The number of carbonyl (C=O) groups is 1. The lowest BCUT2D eigenvalue weighted by molar-refractivity contribution is 0.0927. The number of rotatable bonds is 5. The summed E-state index contributed by atoms with van der Waals surface area (Å²) in [4.78, 5) is 14.7. The standard InChI is InChI=1S/C15H24BrN3O/c1-3-6-19-11-13(16)8-14(19)15(20)17-9-12-5-4-7-18(2)10-12/h8,11-12H,3-7,9-10H2,1-2H3,(H,17,20). The SMILES string of the molecule is CCCn1cc(Br)cc1C(=O)NCC1CCCN(C)C1.